The maximum absolute atomic E-state index is 13.8. The van der Waals surface area contributed by atoms with Crippen LogP contribution in [0.2, 0.25) is 5.15 Å². The van der Waals surface area contributed by atoms with Crippen LogP contribution in [-0.4, -0.2) is 38.8 Å². The number of carbonyl (C=O) groups excluding carboxylic acids is 2. The molecule has 6 nitrogen and oxygen atoms in total. The van der Waals surface area contributed by atoms with Gasteiger partial charge in [-0.05, 0) is 43.9 Å². The van der Waals surface area contributed by atoms with Crippen molar-refractivity contribution in [3.05, 3.63) is 59.1 Å². The smallest absolute Gasteiger partial charge is 0.256 e. The molecule has 0 aromatic carbocycles. The fourth-order valence-corrected chi connectivity index (χ4v) is 5.12. The number of rotatable bonds is 6. The van der Waals surface area contributed by atoms with E-state index in [0.717, 1.165) is 63.4 Å². The van der Waals surface area contributed by atoms with Gasteiger partial charge in [-0.3, -0.25) is 14.6 Å². The van der Waals surface area contributed by atoms with Gasteiger partial charge in [0.1, 0.15) is 11.2 Å². The van der Waals surface area contributed by atoms with Crippen molar-refractivity contribution in [2.45, 2.75) is 82.3 Å². The van der Waals surface area contributed by atoms with Crippen LogP contribution in [0.15, 0.2) is 42.9 Å². The minimum Gasteiger partial charge on any atom is -0.351 e. The summed E-state index contributed by atoms with van der Waals surface area (Å²) in [6, 6.07) is 6.45. The number of aromatic nitrogens is 2. The highest BCUT2D eigenvalue weighted by atomic mass is 35.5. The average molecular weight is 455 g/mol. The standard InChI is InChI=1S/C25H31ClN4O2/c26-22-14-13-19(17-28-22)25(32)30(21-11-5-2-6-12-21)23(18-8-7-15-27-16-18)24(31)29-20-9-3-1-4-10-20/h7-8,13-17,20-21,23H,1-6,9-12H2,(H,29,31)/t23-/m0/s1. The molecule has 0 aliphatic heterocycles. The van der Waals surface area contributed by atoms with Gasteiger partial charge in [-0.15, -0.1) is 0 Å². The molecule has 170 valence electrons. The number of hydrogen-bond acceptors (Lipinski definition) is 4. The summed E-state index contributed by atoms with van der Waals surface area (Å²) < 4.78 is 0. The number of nitrogens with one attached hydrogen (secondary N) is 1. The summed E-state index contributed by atoms with van der Waals surface area (Å²) >= 11 is 5.95. The van der Waals surface area contributed by atoms with Crippen LogP contribution in [0.5, 0.6) is 0 Å². The Balaban J connectivity index is 1.70. The van der Waals surface area contributed by atoms with Gasteiger partial charge in [0.15, 0.2) is 0 Å². The Morgan fingerprint density at radius 2 is 1.69 bits per heavy atom. The van der Waals surface area contributed by atoms with E-state index in [-0.39, 0.29) is 23.9 Å². The maximum atomic E-state index is 13.8. The van der Waals surface area contributed by atoms with Crippen LogP contribution in [0.3, 0.4) is 0 Å². The molecular formula is C25H31ClN4O2. The van der Waals surface area contributed by atoms with Gasteiger partial charge in [0.25, 0.3) is 5.91 Å². The Kier molecular flexibility index (Phi) is 7.74. The molecule has 32 heavy (non-hydrogen) atoms. The van der Waals surface area contributed by atoms with Gasteiger partial charge < -0.3 is 10.2 Å². The first-order valence-corrected chi connectivity index (χ1v) is 12.2. The second kappa shape index (κ2) is 10.9. The van der Waals surface area contributed by atoms with Crippen molar-refractivity contribution in [1.29, 1.82) is 0 Å². The third-order valence-corrected chi connectivity index (χ3v) is 6.88. The molecule has 0 saturated heterocycles. The van der Waals surface area contributed by atoms with Gasteiger partial charge in [-0.25, -0.2) is 4.98 Å². The minimum absolute atomic E-state index is 0.00533. The molecule has 2 aromatic rings. The summed E-state index contributed by atoms with van der Waals surface area (Å²) in [7, 11) is 0. The number of pyridine rings is 2. The van der Waals surface area contributed by atoms with Crippen LogP contribution in [0.25, 0.3) is 0 Å². The van der Waals surface area contributed by atoms with Crippen LogP contribution < -0.4 is 5.32 Å². The van der Waals surface area contributed by atoms with Gasteiger partial charge in [0.2, 0.25) is 5.91 Å². The minimum atomic E-state index is -0.725. The van der Waals surface area contributed by atoms with E-state index in [1.54, 1.807) is 29.4 Å². The molecule has 0 spiro atoms. The van der Waals surface area contributed by atoms with E-state index >= 15 is 0 Å². The highest BCUT2D eigenvalue weighted by Crippen LogP contribution is 2.33. The molecule has 2 aliphatic carbocycles. The molecule has 1 N–H and O–H groups in total. The summed E-state index contributed by atoms with van der Waals surface area (Å²) in [5.41, 5.74) is 1.18. The Morgan fingerprint density at radius 1 is 0.969 bits per heavy atom. The Hall–Kier alpha value is -2.47. The number of nitrogens with zero attached hydrogens (tertiary/aromatic N) is 3. The lowest BCUT2D eigenvalue weighted by Crippen LogP contribution is -2.51. The summed E-state index contributed by atoms with van der Waals surface area (Å²) in [5.74, 6) is -0.306. The molecule has 1 atom stereocenters. The quantitative estimate of drug-likeness (QED) is 0.616. The predicted molar refractivity (Wildman–Crippen MR) is 124 cm³/mol. The number of hydrogen-bond donors (Lipinski definition) is 1. The van der Waals surface area contributed by atoms with Crippen molar-refractivity contribution in [2.24, 2.45) is 0 Å². The predicted octanol–water partition coefficient (Wildman–Crippen LogP) is 5.10. The largest absolute Gasteiger partial charge is 0.351 e. The van der Waals surface area contributed by atoms with Crippen molar-refractivity contribution in [2.75, 3.05) is 0 Å². The van der Waals surface area contributed by atoms with E-state index in [1.165, 1.54) is 12.6 Å². The Bertz CT molecular complexity index is 894. The summed E-state index contributed by atoms with van der Waals surface area (Å²) in [4.78, 5) is 37.7. The van der Waals surface area contributed by atoms with E-state index in [4.69, 9.17) is 11.6 Å². The average Bonchev–Trinajstić information content (AvgIpc) is 2.84. The molecule has 2 amide bonds. The van der Waals surface area contributed by atoms with Gasteiger partial charge in [-0.2, -0.15) is 0 Å². The highest BCUT2D eigenvalue weighted by molar-refractivity contribution is 6.29. The molecule has 0 bridgehead atoms. The topological polar surface area (TPSA) is 75.2 Å². The molecular weight excluding hydrogens is 424 g/mol. The molecule has 2 fully saturated rings. The first kappa shape index (κ1) is 22.7. The molecule has 0 radical (unpaired) electrons. The molecule has 2 aliphatic rings. The van der Waals surface area contributed by atoms with E-state index in [1.807, 2.05) is 12.1 Å². The number of carbonyl (C=O) groups is 2. The molecule has 2 saturated carbocycles. The first-order chi connectivity index (χ1) is 15.6. The zero-order chi connectivity index (χ0) is 22.3. The van der Waals surface area contributed by atoms with E-state index < -0.39 is 6.04 Å². The van der Waals surface area contributed by atoms with Gasteiger partial charge >= 0.3 is 0 Å². The molecule has 7 heteroatoms. The van der Waals surface area contributed by atoms with Crippen molar-refractivity contribution in [3.63, 3.8) is 0 Å². The molecule has 4 rings (SSSR count). The third kappa shape index (κ3) is 5.47. The number of halogens is 1. The van der Waals surface area contributed by atoms with Crippen molar-refractivity contribution < 1.29 is 9.59 Å². The van der Waals surface area contributed by atoms with E-state index in [0.29, 0.717) is 10.7 Å². The van der Waals surface area contributed by atoms with Crippen LogP contribution in [0.1, 0.15) is 86.2 Å². The molecule has 2 aromatic heterocycles. The summed E-state index contributed by atoms with van der Waals surface area (Å²) in [6.45, 7) is 0. The zero-order valence-corrected chi connectivity index (χ0v) is 19.1. The van der Waals surface area contributed by atoms with Crippen molar-refractivity contribution in [1.82, 2.24) is 20.2 Å². The second-order valence-electron chi connectivity index (χ2n) is 8.91. The summed E-state index contributed by atoms with van der Waals surface area (Å²) in [5, 5.41) is 3.59. The lowest BCUT2D eigenvalue weighted by Gasteiger charge is -2.40. The van der Waals surface area contributed by atoms with Crippen LogP contribution >= 0.6 is 11.6 Å². The van der Waals surface area contributed by atoms with Crippen LogP contribution in [-0.2, 0) is 4.79 Å². The van der Waals surface area contributed by atoms with Crippen molar-refractivity contribution in [3.8, 4) is 0 Å². The molecule has 2 heterocycles. The normalized spacial score (nSPS) is 18.7. The fraction of sp³-hybridized carbons (Fsp3) is 0.520. The SMILES string of the molecule is O=C(NC1CCCCC1)[C@H](c1cccnc1)N(C(=O)c1ccc(Cl)nc1)C1CCCCC1. The molecule has 0 unspecified atom stereocenters. The number of amides is 2. The highest BCUT2D eigenvalue weighted by Gasteiger charge is 2.38. The lowest BCUT2D eigenvalue weighted by atomic mass is 9.90. The van der Waals surface area contributed by atoms with Crippen LogP contribution in [0.4, 0.5) is 0 Å². The monoisotopic (exact) mass is 454 g/mol. The zero-order valence-electron chi connectivity index (χ0n) is 18.4. The van der Waals surface area contributed by atoms with Gasteiger partial charge in [0, 0.05) is 36.2 Å². The maximum Gasteiger partial charge on any atom is 0.256 e. The van der Waals surface area contributed by atoms with Crippen molar-refractivity contribution >= 4 is 23.4 Å². The van der Waals surface area contributed by atoms with E-state index in [2.05, 4.69) is 15.3 Å². The lowest BCUT2D eigenvalue weighted by molar-refractivity contribution is -0.127. The Morgan fingerprint density at radius 3 is 2.31 bits per heavy atom. The van der Waals surface area contributed by atoms with Crippen LogP contribution in [0, 0.1) is 0 Å². The second-order valence-corrected chi connectivity index (χ2v) is 9.29. The first-order valence-electron chi connectivity index (χ1n) is 11.8. The summed E-state index contributed by atoms with van der Waals surface area (Å²) in [6.07, 6.45) is 15.4. The van der Waals surface area contributed by atoms with Gasteiger partial charge in [0.05, 0.1) is 5.56 Å². The Labute approximate surface area is 194 Å². The third-order valence-electron chi connectivity index (χ3n) is 6.66. The van der Waals surface area contributed by atoms with E-state index in [9.17, 15) is 9.59 Å². The van der Waals surface area contributed by atoms with Gasteiger partial charge in [-0.1, -0.05) is 56.2 Å². The fourth-order valence-electron chi connectivity index (χ4n) is 5.01.